The molecule has 1 heterocycles. The van der Waals surface area contributed by atoms with Gasteiger partial charge in [0.05, 0.1) is 5.39 Å². The second-order valence-corrected chi connectivity index (χ2v) is 5.79. The topological polar surface area (TPSA) is 64.8 Å². The molecule has 2 aromatic carbocycles. The molecule has 0 bridgehead atoms. The minimum atomic E-state index is -0.298. The lowest BCUT2D eigenvalue weighted by Gasteiger charge is -2.05. The fraction of sp³-hybridized carbons (Fsp3) is 0.263. The number of hydrogen-bond donors (Lipinski definition) is 0. The summed E-state index contributed by atoms with van der Waals surface area (Å²) in [7, 11) is 0. The first-order chi connectivity index (χ1) is 11.7. The van der Waals surface area contributed by atoms with Crippen molar-refractivity contribution in [2.75, 3.05) is 0 Å². The van der Waals surface area contributed by atoms with Crippen LogP contribution in [0.5, 0.6) is 0 Å². The van der Waals surface area contributed by atoms with Gasteiger partial charge in [0.25, 0.3) is 5.56 Å². The quantitative estimate of drug-likeness (QED) is 0.655. The molecule has 5 nitrogen and oxygen atoms in total. The van der Waals surface area contributed by atoms with E-state index in [1.54, 1.807) is 24.3 Å². The third-order valence-electron chi connectivity index (χ3n) is 4.02. The molecular formula is C19H19N3O2. The Labute approximate surface area is 139 Å². The third-order valence-corrected chi connectivity index (χ3v) is 4.02. The summed E-state index contributed by atoms with van der Waals surface area (Å²) in [4.78, 5) is 24.8. The second kappa shape index (κ2) is 7.17. The van der Waals surface area contributed by atoms with Crippen LogP contribution in [0.2, 0.25) is 0 Å². The number of fused-ring (bicyclic) bond motifs is 1. The van der Waals surface area contributed by atoms with Gasteiger partial charge in [-0.05, 0) is 30.5 Å². The molecular weight excluding hydrogens is 302 g/mol. The monoisotopic (exact) mass is 321 g/mol. The zero-order valence-corrected chi connectivity index (χ0v) is 13.6. The Morgan fingerprint density at radius 2 is 1.83 bits per heavy atom. The molecule has 0 saturated carbocycles. The number of ketones is 1. The van der Waals surface area contributed by atoms with Crippen molar-refractivity contribution < 1.29 is 4.79 Å². The van der Waals surface area contributed by atoms with E-state index in [9.17, 15) is 9.59 Å². The minimum absolute atomic E-state index is 0.106. The number of aromatic nitrogens is 3. The standard InChI is InChI=1S/C19H19N3O2/c1-2-3-6-14-9-11-15(12-10-14)18(23)13-22-19(24)16-7-4-5-8-17(16)20-21-22/h4-5,7-12H,2-3,6,13H2,1H3. The van der Waals surface area contributed by atoms with Crippen molar-refractivity contribution >= 4 is 16.7 Å². The second-order valence-electron chi connectivity index (χ2n) is 5.79. The zero-order chi connectivity index (χ0) is 16.9. The van der Waals surface area contributed by atoms with Crippen molar-refractivity contribution in [1.29, 1.82) is 0 Å². The highest BCUT2D eigenvalue weighted by Crippen LogP contribution is 2.09. The summed E-state index contributed by atoms with van der Waals surface area (Å²) in [6.07, 6.45) is 3.29. The molecule has 0 fully saturated rings. The van der Waals surface area contributed by atoms with Crippen LogP contribution in [0.25, 0.3) is 10.9 Å². The average Bonchev–Trinajstić information content (AvgIpc) is 2.63. The van der Waals surface area contributed by atoms with Crippen LogP contribution in [0, 0.1) is 0 Å². The highest BCUT2D eigenvalue weighted by molar-refractivity contribution is 5.96. The van der Waals surface area contributed by atoms with Gasteiger partial charge in [-0.1, -0.05) is 55.0 Å². The Hall–Kier alpha value is -2.82. The summed E-state index contributed by atoms with van der Waals surface area (Å²) >= 11 is 0. The molecule has 0 unspecified atom stereocenters. The number of unbranched alkanes of at least 4 members (excludes halogenated alkanes) is 1. The third kappa shape index (κ3) is 3.40. The fourth-order valence-electron chi connectivity index (χ4n) is 2.59. The van der Waals surface area contributed by atoms with Crippen molar-refractivity contribution in [2.24, 2.45) is 0 Å². The van der Waals surface area contributed by atoms with Gasteiger partial charge in [0.15, 0.2) is 5.78 Å². The molecule has 0 aliphatic rings. The van der Waals surface area contributed by atoms with Crippen molar-refractivity contribution in [3.8, 4) is 0 Å². The lowest BCUT2D eigenvalue weighted by molar-refractivity contribution is 0.0964. The number of benzene rings is 2. The smallest absolute Gasteiger partial charge is 0.278 e. The Bertz CT molecular complexity index is 914. The van der Waals surface area contributed by atoms with E-state index in [2.05, 4.69) is 17.2 Å². The van der Waals surface area contributed by atoms with Gasteiger partial charge in [-0.15, -0.1) is 5.10 Å². The molecule has 0 atom stereocenters. The number of rotatable bonds is 6. The van der Waals surface area contributed by atoms with E-state index < -0.39 is 0 Å². The van der Waals surface area contributed by atoms with Crippen molar-refractivity contribution in [3.63, 3.8) is 0 Å². The maximum absolute atomic E-state index is 12.4. The van der Waals surface area contributed by atoms with Gasteiger partial charge < -0.3 is 0 Å². The van der Waals surface area contributed by atoms with Crippen molar-refractivity contribution in [2.45, 2.75) is 32.7 Å². The molecule has 3 rings (SSSR count). The van der Waals surface area contributed by atoms with Gasteiger partial charge in [-0.3, -0.25) is 9.59 Å². The average molecular weight is 321 g/mol. The van der Waals surface area contributed by atoms with E-state index in [0.29, 0.717) is 16.5 Å². The Morgan fingerprint density at radius 1 is 1.08 bits per heavy atom. The van der Waals surface area contributed by atoms with Gasteiger partial charge in [0.2, 0.25) is 0 Å². The number of nitrogens with zero attached hydrogens (tertiary/aromatic N) is 3. The maximum atomic E-state index is 12.4. The summed E-state index contributed by atoms with van der Waals surface area (Å²) in [6, 6.07) is 14.6. The van der Waals surface area contributed by atoms with Crippen molar-refractivity contribution in [1.82, 2.24) is 15.0 Å². The first-order valence-corrected chi connectivity index (χ1v) is 8.13. The van der Waals surface area contributed by atoms with Crippen LogP contribution < -0.4 is 5.56 Å². The molecule has 5 heteroatoms. The Balaban J connectivity index is 1.79. The van der Waals surface area contributed by atoms with E-state index in [1.807, 2.05) is 24.3 Å². The molecule has 0 spiro atoms. The van der Waals surface area contributed by atoms with Crippen LogP contribution in [0.3, 0.4) is 0 Å². The molecule has 0 amide bonds. The van der Waals surface area contributed by atoms with E-state index >= 15 is 0 Å². The predicted octanol–water partition coefficient (Wildman–Crippen LogP) is 3.02. The van der Waals surface area contributed by atoms with E-state index in [0.717, 1.165) is 23.9 Å². The first-order valence-electron chi connectivity index (χ1n) is 8.13. The van der Waals surface area contributed by atoms with Gasteiger partial charge in [-0.2, -0.15) is 0 Å². The van der Waals surface area contributed by atoms with Gasteiger partial charge in [-0.25, -0.2) is 4.68 Å². The van der Waals surface area contributed by atoms with E-state index in [4.69, 9.17) is 0 Å². The molecule has 0 N–H and O–H groups in total. The Kier molecular flexibility index (Phi) is 4.79. The van der Waals surface area contributed by atoms with Crippen LogP contribution in [-0.2, 0) is 13.0 Å². The van der Waals surface area contributed by atoms with E-state index in [1.165, 1.54) is 5.56 Å². The van der Waals surface area contributed by atoms with E-state index in [-0.39, 0.29) is 17.9 Å². The zero-order valence-electron chi connectivity index (χ0n) is 13.6. The molecule has 0 aliphatic carbocycles. The SMILES string of the molecule is CCCCc1ccc(C(=O)Cn2nnc3ccccc3c2=O)cc1. The lowest BCUT2D eigenvalue weighted by atomic mass is 10.0. The summed E-state index contributed by atoms with van der Waals surface area (Å²) in [5.74, 6) is -0.149. The first kappa shape index (κ1) is 16.1. The molecule has 0 aliphatic heterocycles. The molecule has 3 aromatic rings. The van der Waals surface area contributed by atoms with Crippen LogP contribution >= 0.6 is 0 Å². The van der Waals surface area contributed by atoms with Gasteiger partial charge in [0.1, 0.15) is 12.1 Å². The van der Waals surface area contributed by atoms with Gasteiger partial charge in [0, 0.05) is 5.56 Å². The molecule has 24 heavy (non-hydrogen) atoms. The number of Topliss-reactive ketones (excluding diaryl/α,β-unsaturated/α-hetero) is 1. The summed E-state index contributed by atoms with van der Waals surface area (Å²) in [5, 5.41) is 8.33. The molecule has 122 valence electrons. The normalized spacial score (nSPS) is 10.9. The largest absolute Gasteiger partial charge is 0.292 e. The molecule has 0 radical (unpaired) electrons. The van der Waals surface area contributed by atoms with Gasteiger partial charge >= 0.3 is 0 Å². The minimum Gasteiger partial charge on any atom is -0.292 e. The van der Waals surface area contributed by atoms with Crippen LogP contribution in [0.15, 0.2) is 53.3 Å². The number of hydrogen-bond acceptors (Lipinski definition) is 4. The molecule has 0 saturated heterocycles. The summed E-state index contributed by atoms with van der Waals surface area (Å²) < 4.78 is 1.12. The van der Waals surface area contributed by atoms with Crippen LogP contribution in [0.1, 0.15) is 35.7 Å². The lowest BCUT2D eigenvalue weighted by Crippen LogP contribution is -2.27. The highest BCUT2D eigenvalue weighted by Gasteiger charge is 2.11. The summed E-state index contributed by atoms with van der Waals surface area (Å²) in [6.45, 7) is 2.05. The maximum Gasteiger partial charge on any atom is 0.278 e. The number of carbonyl (C=O) groups excluding carboxylic acids is 1. The summed E-state index contributed by atoms with van der Waals surface area (Å²) in [5.41, 5.74) is 2.04. The predicted molar refractivity (Wildman–Crippen MR) is 93.2 cm³/mol. The van der Waals surface area contributed by atoms with Crippen molar-refractivity contribution in [3.05, 3.63) is 70.0 Å². The molecule has 1 aromatic heterocycles. The fourth-order valence-corrected chi connectivity index (χ4v) is 2.59. The number of aryl methyl sites for hydroxylation is 1. The van der Waals surface area contributed by atoms with Crippen LogP contribution in [0.4, 0.5) is 0 Å². The highest BCUT2D eigenvalue weighted by atomic mass is 16.1. The Morgan fingerprint density at radius 3 is 2.58 bits per heavy atom. The van der Waals surface area contributed by atoms with Crippen LogP contribution in [-0.4, -0.2) is 20.8 Å². The number of carbonyl (C=O) groups is 1.